The van der Waals surface area contributed by atoms with Crippen molar-refractivity contribution in [2.45, 2.75) is 4.21 Å². The van der Waals surface area contributed by atoms with Gasteiger partial charge in [-0.1, -0.05) is 0 Å². The van der Waals surface area contributed by atoms with E-state index in [1.807, 2.05) is 12.5 Å². The standard InChI is InChI=1S/C4H4BrNS2/c1-7-3-2-6-4(5)8-3/h2H,1H3. The highest BCUT2D eigenvalue weighted by Crippen LogP contribution is 2.25. The van der Waals surface area contributed by atoms with Gasteiger partial charge in [0.25, 0.3) is 0 Å². The summed E-state index contributed by atoms with van der Waals surface area (Å²) in [6.07, 6.45) is 3.90. The van der Waals surface area contributed by atoms with Crippen LogP contribution in [0.3, 0.4) is 0 Å². The number of aromatic nitrogens is 1. The summed E-state index contributed by atoms with van der Waals surface area (Å²) in [6, 6.07) is 0. The Bertz CT molecular complexity index is 174. The maximum Gasteiger partial charge on any atom is 0.160 e. The smallest absolute Gasteiger partial charge is 0.160 e. The van der Waals surface area contributed by atoms with Gasteiger partial charge < -0.3 is 0 Å². The van der Waals surface area contributed by atoms with Crippen LogP contribution in [0.1, 0.15) is 0 Å². The average Bonchev–Trinajstić information content (AvgIpc) is 2.14. The van der Waals surface area contributed by atoms with Crippen molar-refractivity contribution in [2.24, 2.45) is 0 Å². The minimum absolute atomic E-state index is 0.960. The van der Waals surface area contributed by atoms with Gasteiger partial charge in [-0.05, 0) is 22.2 Å². The predicted molar refractivity (Wildman–Crippen MR) is 41.6 cm³/mol. The van der Waals surface area contributed by atoms with E-state index < -0.39 is 0 Å². The second kappa shape index (κ2) is 2.85. The van der Waals surface area contributed by atoms with E-state index in [0.717, 1.165) is 3.92 Å². The number of hydrogen-bond acceptors (Lipinski definition) is 3. The summed E-state index contributed by atoms with van der Waals surface area (Å²) in [7, 11) is 0. The third-order valence-electron chi connectivity index (χ3n) is 0.657. The van der Waals surface area contributed by atoms with Crippen LogP contribution in [-0.4, -0.2) is 11.2 Å². The zero-order valence-electron chi connectivity index (χ0n) is 4.22. The minimum atomic E-state index is 0.960. The first kappa shape index (κ1) is 6.58. The molecule has 0 unspecified atom stereocenters. The summed E-state index contributed by atoms with van der Waals surface area (Å²) < 4.78 is 2.21. The molecule has 4 heteroatoms. The molecule has 1 nitrogen and oxygen atoms in total. The van der Waals surface area contributed by atoms with E-state index in [1.165, 1.54) is 4.21 Å². The fourth-order valence-corrected chi connectivity index (χ4v) is 2.39. The van der Waals surface area contributed by atoms with E-state index in [-0.39, 0.29) is 0 Å². The summed E-state index contributed by atoms with van der Waals surface area (Å²) in [5.74, 6) is 0. The molecule has 0 aliphatic heterocycles. The lowest BCUT2D eigenvalue weighted by molar-refractivity contribution is 1.34. The molecule has 0 saturated carbocycles. The van der Waals surface area contributed by atoms with Gasteiger partial charge in [-0.25, -0.2) is 4.98 Å². The molecule has 1 rings (SSSR count). The number of rotatable bonds is 1. The summed E-state index contributed by atoms with van der Waals surface area (Å²) in [5, 5.41) is 0. The minimum Gasteiger partial charge on any atom is -0.236 e. The van der Waals surface area contributed by atoms with Crippen molar-refractivity contribution in [3.63, 3.8) is 0 Å². The first-order chi connectivity index (χ1) is 3.83. The number of halogens is 1. The molecule has 0 aliphatic rings. The van der Waals surface area contributed by atoms with Crippen LogP contribution in [-0.2, 0) is 0 Å². The van der Waals surface area contributed by atoms with Crippen LogP contribution < -0.4 is 0 Å². The predicted octanol–water partition coefficient (Wildman–Crippen LogP) is 2.63. The number of thiazole rings is 1. The first-order valence-corrected chi connectivity index (χ1v) is 4.81. The largest absolute Gasteiger partial charge is 0.236 e. The van der Waals surface area contributed by atoms with Gasteiger partial charge in [0.15, 0.2) is 3.92 Å². The molecule has 0 aliphatic carbocycles. The summed E-state index contributed by atoms with van der Waals surface area (Å²) in [6.45, 7) is 0. The fraction of sp³-hybridized carbons (Fsp3) is 0.250. The molecule has 0 radical (unpaired) electrons. The van der Waals surface area contributed by atoms with Crippen LogP contribution in [0.15, 0.2) is 14.3 Å². The normalized spacial score (nSPS) is 9.75. The van der Waals surface area contributed by atoms with Crippen LogP contribution in [0, 0.1) is 0 Å². The van der Waals surface area contributed by atoms with Crippen molar-refractivity contribution in [1.29, 1.82) is 0 Å². The molecular formula is C4H4BrNS2. The highest BCUT2D eigenvalue weighted by Gasteiger charge is 1.93. The summed E-state index contributed by atoms with van der Waals surface area (Å²) in [5.41, 5.74) is 0. The average molecular weight is 210 g/mol. The van der Waals surface area contributed by atoms with Gasteiger partial charge in [-0.15, -0.1) is 23.1 Å². The van der Waals surface area contributed by atoms with Crippen LogP contribution in [0.4, 0.5) is 0 Å². The number of thioether (sulfide) groups is 1. The Labute approximate surface area is 64.6 Å². The zero-order valence-corrected chi connectivity index (χ0v) is 7.44. The Morgan fingerprint density at radius 3 is 2.88 bits per heavy atom. The van der Waals surface area contributed by atoms with Gasteiger partial charge in [0.05, 0.1) is 10.4 Å². The van der Waals surface area contributed by atoms with Crippen LogP contribution in [0.2, 0.25) is 0 Å². The summed E-state index contributed by atoms with van der Waals surface area (Å²) >= 11 is 6.64. The molecule has 44 valence electrons. The Morgan fingerprint density at radius 2 is 2.62 bits per heavy atom. The van der Waals surface area contributed by atoms with Crippen molar-refractivity contribution in [3.05, 3.63) is 10.1 Å². The van der Waals surface area contributed by atoms with E-state index in [0.29, 0.717) is 0 Å². The van der Waals surface area contributed by atoms with Crippen LogP contribution in [0.5, 0.6) is 0 Å². The maximum absolute atomic E-state index is 4.00. The Hall–Kier alpha value is 0.460. The molecule has 0 spiro atoms. The van der Waals surface area contributed by atoms with Crippen molar-refractivity contribution < 1.29 is 0 Å². The maximum atomic E-state index is 4.00. The van der Waals surface area contributed by atoms with Gasteiger partial charge in [0, 0.05) is 0 Å². The van der Waals surface area contributed by atoms with Crippen molar-refractivity contribution in [3.8, 4) is 0 Å². The molecule has 0 aromatic carbocycles. The van der Waals surface area contributed by atoms with E-state index in [2.05, 4.69) is 20.9 Å². The summed E-state index contributed by atoms with van der Waals surface area (Å²) in [4.78, 5) is 4.00. The molecular weight excluding hydrogens is 206 g/mol. The SMILES string of the molecule is CSc1cnc(Br)s1. The third-order valence-corrected chi connectivity index (χ3v) is 3.19. The molecule has 0 bridgehead atoms. The van der Waals surface area contributed by atoms with Crippen LogP contribution >= 0.6 is 39.0 Å². The third kappa shape index (κ3) is 1.47. The van der Waals surface area contributed by atoms with Crippen molar-refractivity contribution in [1.82, 2.24) is 4.98 Å². The quantitative estimate of drug-likeness (QED) is 0.661. The van der Waals surface area contributed by atoms with Gasteiger partial charge >= 0.3 is 0 Å². The topological polar surface area (TPSA) is 12.9 Å². The Morgan fingerprint density at radius 1 is 1.88 bits per heavy atom. The molecule has 8 heavy (non-hydrogen) atoms. The number of hydrogen-bond donors (Lipinski definition) is 0. The van der Waals surface area contributed by atoms with E-state index in [9.17, 15) is 0 Å². The van der Waals surface area contributed by atoms with Crippen molar-refractivity contribution >= 4 is 39.0 Å². The van der Waals surface area contributed by atoms with E-state index >= 15 is 0 Å². The monoisotopic (exact) mass is 209 g/mol. The van der Waals surface area contributed by atoms with E-state index in [1.54, 1.807) is 23.1 Å². The highest BCUT2D eigenvalue weighted by molar-refractivity contribution is 9.11. The highest BCUT2D eigenvalue weighted by atomic mass is 79.9. The lowest BCUT2D eigenvalue weighted by Crippen LogP contribution is -1.51. The van der Waals surface area contributed by atoms with Gasteiger partial charge in [-0.2, -0.15) is 0 Å². The van der Waals surface area contributed by atoms with Gasteiger partial charge in [0.1, 0.15) is 0 Å². The molecule has 1 heterocycles. The molecule has 0 N–H and O–H groups in total. The lowest BCUT2D eigenvalue weighted by atomic mass is 11.0. The Balaban J connectivity index is 2.84. The molecule has 0 amide bonds. The molecule has 0 atom stereocenters. The molecule has 0 fully saturated rings. The fourth-order valence-electron chi connectivity index (χ4n) is 0.334. The zero-order chi connectivity index (χ0) is 5.98. The number of nitrogens with zero attached hydrogens (tertiary/aromatic N) is 1. The molecule has 0 saturated heterocycles. The van der Waals surface area contributed by atoms with Crippen molar-refractivity contribution in [2.75, 3.05) is 6.26 Å². The van der Waals surface area contributed by atoms with Crippen LogP contribution in [0.25, 0.3) is 0 Å². The molecule has 1 aromatic heterocycles. The van der Waals surface area contributed by atoms with E-state index in [4.69, 9.17) is 0 Å². The van der Waals surface area contributed by atoms with Gasteiger partial charge in [0.2, 0.25) is 0 Å². The second-order valence-electron chi connectivity index (χ2n) is 1.14. The lowest BCUT2D eigenvalue weighted by Gasteiger charge is -1.77. The second-order valence-corrected chi connectivity index (χ2v) is 4.55. The first-order valence-electron chi connectivity index (χ1n) is 1.98. The van der Waals surface area contributed by atoms with Gasteiger partial charge in [-0.3, -0.25) is 0 Å². The Kier molecular flexibility index (Phi) is 2.34. The molecule has 1 aromatic rings.